The summed E-state index contributed by atoms with van der Waals surface area (Å²) < 4.78 is 62.2. The number of carboxylic acids is 1. The SMILES string of the molecule is CCOP(=O)(OCC)[C@@](COC)(OC[C@H]1O[C@@H](n2ncc3c(N(C(=O)OC(C)(C)C)C4CCCC4)cc(Cl)nc32)[C@@H]2OC(C)(C)O[C@@H]21)C(=O)O. The molecule has 1 N–H and O–H groups in total. The lowest BCUT2D eigenvalue weighted by atomic mass is 10.1. The third-order valence-electron chi connectivity index (χ3n) is 8.62. The number of halogens is 1. The lowest BCUT2D eigenvalue weighted by Gasteiger charge is -2.35. The molecule has 0 unspecified atom stereocenters. The van der Waals surface area contributed by atoms with Gasteiger partial charge in [0.05, 0.1) is 43.7 Å². The van der Waals surface area contributed by atoms with Gasteiger partial charge in [-0.2, -0.15) is 5.10 Å². The van der Waals surface area contributed by atoms with Gasteiger partial charge < -0.3 is 42.6 Å². The van der Waals surface area contributed by atoms with Crippen LogP contribution in [0.2, 0.25) is 5.15 Å². The number of aromatic nitrogens is 3. The quantitative estimate of drug-likeness (QED) is 0.178. The summed E-state index contributed by atoms with van der Waals surface area (Å²) in [4.78, 5) is 32.7. The Kier molecular flexibility index (Phi) is 11.6. The van der Waals surface area contributed by atoms with Crippen molar-refractivity contribution in [3.8, 4) is 0 Å². The van der Waals surface area contributed by atoms with Crippen LogP contribution in [-0.4, -0.2) is 107 Å². The Morgan fingerprint density at radius 3 is 2.36 bits per heavy atom. The highest BCUT2D eigenvalue weighted by atomic mass is 35.5. The fourth-order valence-corrected chi connectivity index (χ4v) is 8.82. The van der Waals surface area contributed by atoms with Crippen molar-refractivity contribution >= 4 is 48.0 Å². The zero-order valence-electron chi connectivity index (χ0n) is 29.8. The summed E-state index contributed by atoms with van der Waals surface area (Å²) in [5.41, 5.74) is 0.0821. The van der Waals surface area contributed by atoms with Crippen LogP contribution in [0.15, 0.2) is 12.3 Å². The number of carbonyl (C=O) groups is 2. The number of ether oxygens (including phenoxy) is 6. The van der Waals surface area contributed by atoms with E-state index in [9.17, 15) is 19.3 Å². The number of pyridine rings is 1. The van der Waals surface area contributed by atoms with Gasteiger partial charge in [-0.3, -0.25) is 9.46 Å². The number of amides is 1. The molecule has 2 saturated heterocycles. The minimum atomic E-state index is -4.45. The molecule has 5 atom stereocenters. The summed E-state index contributed by atoms with van der Waals surface area (Å²) in [5, 5.41) is 13.1. The fourth-order valence-electron chi connectivity index (χ4n) is 6.71. The van der Waals surface area contributed by atoms with E-state index in [1.54, 1.807) is 44.9 Å². The Morgan fingerprint density at radius 2 is 1.78 bits per heavy atom. The maximum atomic E-state index is 13.9. The second-order valence-corrected chi connectivity index (χ2v) is 16.5. The number of carbonyl (C=O) groups excluding carboxylic acids is 1. The van der Waals surface area contributed by atoms with Crippen molar-refractivity contribution in [1.29, 1.82) is 0 Å². The molecule has 2 aromatic heterocycles. The summed E-state index contributed by atoms with van der Waals surface area (Å²) >= 11 is 6.62. The van der Waals surface area contributed by atoms with Crippen LogP contribution in [0.25, 0.3) is 11.0 Å². The topological polar surface area (TPSA) is 179 Å². The molecular weight excluding hydrogens is 699 g/mol. The van der Waals surface area contributed by atoms with Gasteiger partial charge in [0.2, 0.25) is 0 Å². The van der Waals surface area contributed by atoms with E-state index in [0.717, 1.165) is 25.7 Å². The predicted molar refractivity (Wildman–Crippen MR) is 180 cm³/mol. The number of anilines is 1. The number of fused-ring (bicyclic) bond motifs is 2. The number of carboxylic acid groups (broad SMARTS) is 1. The van der Waals surface area contributed by atoms with Crippen LogP contribution < -0.4 is 4.90 Å². The molecule has 0 aromatic carbocycles. The predicted octanol–water partition coefficient (Wildman–Crippen LogP) is 5.90. The van der Waals surface area contributed by atoms with Crippen molar-refractivity contribution in [3.63, 3.8) is 0 Å². The van der Waals surface area contributed by atoms with Gasteiger partial charge in [-0.15, -0.1) is 0 Å². The maximum Gasteiger partial charge on any atom is 0.415 e. The summed E-state index contributed by atoms with van der Waals surface area (Å²) in [7, 11) is -3.20. The monoisotopic (exact) mass is 746 g/mol. The van der Waals surface area contributed by atoms with Crippen molar-refractivity contribution in [2.24, 2.45) is 0 Å². The highest BCUT2D eigenvalue weighted by Crippen LogP contribution is 2.61. The highest BCUT2D eigenvalue weighted by molar-refractivity contribution is 7.56. The van der Waals surface area contributed by atoms with Crippen LogP contribution in [0, 0.1) is 0 Å². The number of rotatable bonds is 14. The first kappa shape index (κ1) is 38.8. The van der Waals surface area contributed by atoms with Gasteiger partial charge in [-0.05, 0) is 61.3 Å². The Morgan fingerprint density at radius 1 is 1.14 bits per heavy atom. The second kappa shape index (κ2) is 14.9. The number of hydrogen-bond acceptors (Lipinski definition) is 13. The van der Waals surface area contributed by atoms with Gasteiger partial charge in [-0.1, -0.05) is 24.4 Å². The molecule has 50 heavy (non-hydrogen) atoms. The number of hydrogen-bond donors (Lipinski definition) is 1. The van der Waals surface area contributed by atoms with Crippen LogP contribution in [-0.2, 0) is 46.8 Å². The minimum Gasteiger partial charge on any atom is -0.479 e. The molecule has 1 saturated carbocycles. The van der Waals surface area contributed by atoms with Crippen molar-refractivity contribution in [1.82, 2.24) is 14.8 Å². The normalized spacial score (nSPS) is 25.1. The molecule has 3 aliphatic rings. The van der Waals surface area contributed by atoms with Gasteiger partial charge in [-0.25, -0.2) is 19.3 Å². The van der Waals surface area contributed by atoms with Crippen LogP contribution in [0.3, 0.4) is 0 Å². The minimum absolute atomic E-state index is 0.104. The van der Waals surface area contributed by atoms with Gasteiger partial charge >= 0.3 is 19.7 Å². The summed E-state index contributed by atoms with van der Waals surface area (Å²) in [6, 6.07) is 1.52. The van der Waals surface area contributed by atoms with Crippen LogP contribution in [0.1, 0.15) is 80.4 Å². The molecule has 4 heterocycles. The van der Waals surface area contributed by atoms with Crippen LogP contribution in [0.4, 0.5) is 10.5 Å². The first-order valence-corrected chi connectivity index (χ1v) is 18.7. The average molecular weight is 747 g/mol. The van der Waals surface area contributed by atoms with E-state index in [-0.39, 0.29) is 24.4 Å². The smallest absolute Gasteiger partial charge is 0.415 e. The van der Waals surface area contributed by atoms with E-state index < -0.39 is 74.1 Å². The van der Waals surface area contributed by atoms with Crippen LogP contribution in [0.5, 0.6) is 0 Å². The molecule has 1 amide bonds. The molecule has 0 radical (unpaired) electrons. The largest absolute Gasteiger partial charge is 0.479 e. The first-order chi connectivity index (χ1) is 23.5. The second-order valence-electron chi connectivity index (χ2n) is 13.9. The molecule has 2 aromatic rings. The molecule has 0 bridgehead atoms. The summed E-state index contributed by atoms with van der Waals surface area (Å²) in [5.74, 6) is -2.66. The average Bonchev–Trinajstić information content (AvgIpc) is 3.79. The van der Waals surface area contributed by atoms with Crippen molar-refractivity contribution < 1.29 is 56.7 Å². The molecule has 1 aliphatic carbocycles. The molecular formula is C32H48ClN4O12P. The highest BCUT2D eigenvalue weighted by Gasteiger charge is 2.62. The molecule has 16 nitrogen and oxygen atoms in total. The van der Waals surface area contributed by atoms with Crippen molar-refractivity contribution in [3.05, 3.63) is 17.4 Å². The lowest BCUT2D eigenvalue weighted by Crippen LogP contribution is -2.49. The molecule has 5 rings (SSSR count). The first-order valence-electron chi connectivity index (χ1n) is 16.8. The van der Waals surface area contributed by atoms with Crippen molar-refractivity contribution in [2.45, 2.75) is 121 Å². The van der Waals surface area contributed by atoms with Gasteiger partial charge in [0.25, 0.3) is 5.34 Å². The zero-order chi connectivity index (χ0) is 36.6. The Bertz CT molecular complexity index is 1580. The summed E-state index contributed by atoms with van der Waals surface area (Å²) in [6.07, 6.45) is 1.16. The number of aliphatic carboxylic acids is 1. The van der Waals surface area contributed by atoms with Crippen molar-refractivity contribution in [2.75, 3.05) is 38.4 Å². The Labute approximate surface area is 296 Å². The third-order valence-corrected chi connectivity index (χ3v) is 11.3. The maximum absolute atomic E-state index is 13.9. The molecule has 2 aliphatic heterocycles. The number of methoxy groups -OCH3 is 1. The van der Waals surface area contributed by atoms with Gasteiger partial charge in [0.15, 0.2) is 17.7 Å². The van der Waals surface area contributed by atoms with E-state index in [1.165, 1.54) is 11.8 Å². The van der Waals surface area contributed by atoms with Gasteiger partial charge in [0, 0.05) is 19.2 Å². The summed E-state index contributed by atoms with van der Waals surface area (Å²) in [6.45, 7) is 10.8. The fraction of sp³-hybridized carbons (Fsp3) is 0.750. The lowest BCUT2D eigenvalue weighted by molar-refractivity contribution is -0.209. The molecule has 3 fully saturated rings. The van der Waals surface area contributed by atoms with E-state index in [0.29, 0.717) is 16.7 Å². The Hall–Kier alpha value is -2.40. The molecule has 0 spiro atoms. The van der Waals surface area contributed by atoms with E-state index in [4.69, 9.17) is 49.1 Å². The third kappa shape index (κ3) is 7.55. The number of nitrogens with zero attached hydrogens (tertiary/aromatic N) is 4. The van der Waals surface area contributed by atoms with Gasteiger partial charge in [0.1, 0.15) is 29.1 Å². The van der Waals surface area contributed by atoms with E-state index >= 15 is 0 Å². The van der Waals surface area contributed by atoms with E-state index in [1.807, 2.05) is 20.8 Å². The molecule has 18 heteroatoms. The zero-order valence-corrected chi connectivity index (χ0v) is 31.4. The van der Waals surface area contributed by atoms with E-state index in [2.05, 4.69) is 10.1 Å². The standard InChI is InChI=1S/C32H48ClN4O12P/c1-9-44-50(41,45-10-2)32(18-42-8,28(38)39)43-17-22-24-25(48-31(6,7)47-24)27(46-22)37-26-20(16-34-37)21(15-23(33)35-26)36(19-13-11-12-14-19)29(40)49-30(3,4)5/h15-16,19,22,24-25,27H,9-14,17-18H2,1-8H3,(H,38,39)/t22-,24-,25-,27-,32-/m1/s1. The Balaban J connectivity index is 1.52. The van der Waals surface area contributed by atoms with Crippen LogP contribution >= 0.6 is 19.2 Å². The molecule has 280 valence electrons.